The third-order valence-electron chi connectivity index (χ3n) is 3.20. The van der Waals surface area contributed by atoms with E-state index in [0.717, 1.165) is 18.4 Å². The van der Waals surface area contributed by atoms with Crippen molar-refractivity contribution in [3.05, 3.63) is 0 Å². The Bertz CT molecular complexity index is 143. The van der Waals surface area contributed by atoms with Gasteiger partial charge in [-0.3, -0.25) is 0 Å². The van der Waals surface area contributed by atoms with Crippen LogP contribution in [0.3, 0.4) is 0 Å². The summed E-state index contributed by atoms with van der Waals surface area (Å²) in [6.45, 7) is 0.972. The normalized spacial score (nSPS) is 57.6. The second-order valence-electron chi connectivity index (χ2n) is 3.67. The van der Waals surface area contributed by atoms with E-state index in [1.165, 1.54) is 19.3 Å². The van der Waals surface area contributed by atoms with Gasteiger partial charge >= 0.3 is 0 Å². The summed E-state index contributed by atoms with van der Waals surface area (Å²) < 4.78 is 11.1. The third-order valence-corrected chi connectivity index (χ3v) is 3.20. The minimum absolute atomic E-state index is 0.169. The van der Waals surface area contributed by atoms with Gasteiger partial charge in [-0.25, -0.2) is 0 Å². The molecule has 3 aliphatic heterocycles. The van der Waals surface area contributed by atoms with Crippen LogP contribution in [-0.2, 0) is 9.47 Å². The molecule has 1 aliphatic carbocycles. The summed E-state index contributed by atoms with van der Waals surface area (Å²) in [6.07, 6.45) is 4.57. The lowest BCUT2D eigenvalue weighted by atomic mass is 9.88. The van der Waals surface area contributed by atoms with Crippen molar-refractivity contribution < 1.29 is 9.47 Å². The molecular formula is C8H12O2. The summed E-state index contributed by atoms with van der Waals surface area (Å²) in [6, 6.07) is 0. The predicted octanol–water partition coefficient (Wildman–Crippen LogP) is 1.16. The lowest BCUT2D eigenvalue weighted by molar-refractivity contribution is -0.269. The van der Waals surface area contributed by atoms with Gasteiger partial charge < -0.3 is 9.47 Å². The molecular weight excluding hydrogens is 128 g/mol. The van der Waals surface area contributed by atoms with Gasteiger partial charge in [-0.05, 0) is 18.8 Å². The summed E-state index contributed by atoms with van der Waals surface area (Å²) in [7, 11) is 0. The standard InChI is InChI=1S/C8H12O2/c1-2-7-6-4-9-8(10-7)3-5(1)6/h5-8H,1-4H2. The molecule has 0 radical (unpaired) electrons. The van der Waals surface area contributed by atoms with Gasteiger partial charge in [0.2, 0.25) is 0 Å². The Balaban J connectivity index is 1.94. The fourth-order valence-corrected chi connectivity index (χ4v) is 2.64. The number of hydrogen-bond donors (Lipinski definition) is 0. The van der Waals surface area contributed by atoms with Gasteiger partial charge in [-0.1, -0.05) is 0 Å². The second-order valence-corrected chi connectivity index (χ2v) is 3.67. The second kappa shape index (κ2) is 1.74. The van der Waals surface area contributed by atoms with Crippen LogP contribution in [0.5, 0.6) is 0 Å². The van der Waals surface area contributed by atoms with Crippen LogP contribution in [-0.4, -0.2) is 19.0 Å². The van der Waals surface area contributed by atoms with Crippen molar-refractivity contribution >= 4 is 0 Å². The van der Waals surface area contributed by atoms with Crippen molar-refractivity contribution in [2.45, 2.75) is 31.7 Å². The maximum atomic E-state index is 5.65. The molecule has 0 amide bonds. The maximum Gasteiger partial charge on any atom is 0.158 e. The first-order chi connectivity index (χ1) is 4.93. The highest BCUT2D eigenvalue weighted by Crippen LogP contribution is 2.46. The van der Waals surface area contributed by atoms with Gasteiger partial charge in [-0.2, -0.15) is 0 Å². The lowest BCUT2D eigenvalue weighted by Crippen LogP contribution is -2.45. The summed E-state index contributed by atoms with van der Waals surface area (Å²) in [5.74, 6) is 1.70. The number of rotatable bonds is 0. The average molecular weight is 140 g/mol. The van der Waals surface area contributed by atoms with Crippen LogP contribution in [0.15, 0.2) is 0 Å². The van der Waals surface area contributed by atoms with E-state index < -0.39 is 0 Å². The molecule has 4 aliphatic rings. The Kier molecular flexibility index (Phi) is 0.968. The van der Waals surface area contributed by atoms with Gasteiger partial charge in [-0.15, -0.1) is 0 Å². The van der Waals surface area contributed by atoms with E-state index in [1.807, 2.05) is 0 Å². The molecule has 56 valence electrons. The first-order valence-electron chi connectivity index (χ1n) is 4.20. The minimum Gasteiger partial charge on any atom is -0.352 e. The predicted molar refractivity (Wildman–Crippen MR) is 35.4 cm³/mol. The Morgan fingerprint density at radius 3 is 2.90 bits per heavy atom. The van der Waals surface area contributed by atoms with Crippen LogP contribution >= 0.6 is 0 Å². The first-order valence-corrected chi connectivity index (χ1v) is 4.20. The van der Waals surface area contributed by atoms with Crippen LogP contribution in [0, 0.1) is 11.8 Å². The van der Waals surface area contributed by atoms with Crippen LogP contribution < -0.4 is 0 Å². The molecule has 0 aromatic carbocycles. The smallest absolute Gasteiger partial charge is 0.158 e. The zero-order valence-electron chi connectivity index (χ0n) is 5.95. The van der Waals surface area contributed by atoms with E-state index in [-0.39, 0.29) is 6.29 Å². The highest BCUT2D eigenvalue weighted by atomic mass is 16.7. The SMILES string of the molecule is C1CC2OC3CC1C2CO3. The summed E-state index contributed by atoms with van der Waals surface area (Å²) in [5, 5.41) is 0. The van der Waals surface area contributed by atoms with Crippen LogP contribution in [0.1, 0.15) is 19.3 Å². The van der Waals surface area contributed by atoms with Gasteiger partial charge in [0, 0.05) is 12.3 Å². The Morgan fingerprint density at radius 1 is 1.20 bits per heavy atom. The average Bonchev–Trinajstić information content (AvgIpc) is 2.29. The van der Waals surface area contributed by atoms with E-state index in [4.69, 9.17) is 9.47 Å². The number of hydrogen-bond acceptors (Lipinski definition) is 2. The minimum atomic E-state index is 0.169. The summed E-state index contributed by atoms with van der Waals surface area (Å²) in [5.41, 5.74) is 0. The summed E-state index contributed by atoms with van der Waals surface area (Å²) in [4.78, 5) is 0. The van der Waals surface area contributed by atoms with Gasteiger partial charge in [0.25, 0.3) is 0 Å². The molecule has 0 spiro atoms. The van der Waals surface area contributed by atoms with Crippen molar-refractivity contribution in [1.29, 1.82) is 0 Å². The van der Waals surface area contributed by atoms with Gasteiger partial charge in [0.15, 0.2) is 6.29 Å². The van der Waals surface area contributed by atoms with E-state index >= 15 is 0 Å². The maximum absolute atomic E-state index is 5.65. The number of ether oxygens (including phenoxy) is 2. The van der Waals surface area contributed by atoms with Crippen molar-refractivity contribution in [1.82, 2.24) is 0 Å². The quantitative estimate of drug-likeness (QED) is 0.502. The van der Waals surface area contributed by atoms with Crippen molar-refractivity contribution in [2.24, 2.45) is 11.8 Å². The Morgan fingerprint density at radius 2 is 2.20 bits per heavy atom. The highest BCUT2D eigenvalue weighted by molar-refractivity contribution is 4.93. The fraction of sp³-hybridized carbons (Fsp3) is 1.00. The van der Waals surface area contributed by atoms with E-state index in [2.05, 4.69) is 0 Å². The molecule has 2 heteroatoms. The topological polar surface area (TPSA) is 18.5 Å². The molecule has 0 aromatic heterocycles. The molecule has 3 heterocycles. The monoisotopic (exact) mass is 140 g/mol. The molecule has 4 unspecified atom stereocenters. The molecule has 0 aromatic rings. The molecule has 4 bridgehead atoms. The zero-order chi connectivity index (χ0) is 6.55. The van der Waals surface area contributed by atoms with Crippen LogP contribution in [0.2, 0.25) is 0 Å². The molecule has 3 saturated heterocycles. The molecule has 1 saturated carbocycles. The van der Waals surface area contributed by atoms with E-state index in [9.17, 15) is 0 Å². The Labute approximate surface area is 60.5 Å². The molecule has 10 heavy (non-hydrogen) atoms. The van der Waals surface area contributed by atoms with Crippen molar-refractivity contribution in [3.63, 3.8) is 0 Å². The highest BCUT2D eigenvalue weighted by Gasteiger charge is 2.47. The third kappa shape index (κ3) is 0.565. The van der Waals surface area contributed by atoms with E-state index in [0.29, 0.717) is 6.10 Å². The fourth-order valence-electron chi connectivity index (χ4n) is 2.64. The number of fused-ring (bicyclic) bond motifs is 1. The molecule has 4 fully saturated rings. The molecule has 4 rings (SSSR count). The van der Waals surface area contributed by atoms with Crippen LogP contribution in [0.4, 0.5) is 0 Å². The van der Waals surface area contributed by atoms with E-state index in [1.54, 1.807) is 0 Å². The first kappa shape index (κ1) is 5.56. The molecule has 4 atom stereocenters. The lowest BCUT2D eigenvalue weighted by Gasteiger charge is -2.41. The molecule has 0 N–H and O–H groups in total. The zero-order valence-corrected chi connectivity index (χ0v) is 5.95. The van der Waals surface area contributed by atoms with Gasteiger partial charge in [0.05, 0.1) is 12.7 Å². The van der Waals surface area contributed by atoms with Crippen molar-refractivity contribution in [2.75, 3.05) is 6.61 Å². The summed E-state index contributed by atoms with van der Waals surface area (Å²) >= 11 is 0. The van der Waals surface area contributed by atoms with Crippen molar-refractivity contribution in [3.8, 4) is 0 Å². The van der Waals surface area contributed by atoms with Gasteiger partial charge in [0.1, 0.15) is 0 Å². The largest absolute Gasteiger partial charge is 0.352 e. The Hall–Kier alpha value is -0.0800. The molecule has 2 nitrogen and oxygen atoms in total. The van der Waals surface area contributed by atoms with Crippen LogP contribution in [0.25, 0.3) is 0 Å².